The third kappa shape index (κ3) is 3.75. The van der Waals surface area contributed by atoms with Gasteiger partial charge in [-0.15, -0.1) is 11.3 Å². The van der Waals surface area contributed by atoms with E-state index >= 15 is 0 Å². The standard InChI is InChI=1S/C16H12Cl2N2O2S/c1-9-20-14(8-23-9)15-5-3-11(22-15)7-19-16(21)10-2-4-12(17)13(18)6-10/h2-6,8H,7H2,1H3,(H,19,21). The van der Waals surface area contributed by atoms with E-state index in [2.05, 4.69) is 10.3 Å². The van der Waals surface area contributed by atoms with Crippen molar-refractivity contribution in [2.24, 2.45) is 0 Å². The van der Waals surface area contributed by atoms with Crippen LogP contribution in [0.4, 0.5) is 0 Å². The Bertz CT molecular complexity index is 857. The number of halogens is 2. The Kier molecular flexibility index (Phi) is 4.71. The first-order valence-corrected chi connectivity index (χ1v) is 8.41. The van der Waals surface area contributed by atoms with Gasteiger partial charge in [-0.1, -0.05) is 23.2 Å². The maximum absolute atomic E-state index is 12.1. The number of aryl methyl sites for hydroxylation is 1. The Morgan fingerprint density at radius 1 is 1.26 bits per heavy atom. The lowest BCUT2D eigenvalue weighted by atomic mass is 10.2. The Morgan fingerprint density at radius 2 is 2.09 bits per heavy atom. The summed E-state index contributed by atoms with van der Waals surface area (Å²) in [5.74, 6) is 1.10. The number of rotatable bonds is 4. The summed E-state index contributed by atoms with van der Waals surface area (Å²) in [6, 6.07) is 8.41. The number of nitrogens with one attached hydrogen (secondary N) is 1. The van der Waals surface area contributed by atoms with E-state index < -0.39 is 0 Å². The van der Waals surface area contributed by atoms with E-state index in [-0.39, 0.29) is 12.5 Å². The van der Waals surface area contributed by atoms with Gasteiger partial charge in [0.1, 0.15) is 11.5 Å². The molecule has 0 unspecified atom stereocenters. The lowest BCUT2D eigenvalue weighted by molar-refractivity contribution is 0.0948. The Hall–Kier alpha value is -1.82. The van der Waals surface area contributed by atoms with Crippen LogP contribution in [-0.2, 0) is 6.54 Å². The predicted octanol–water partition coefficient (Wildman–Crippen LogP) is 4.95. The minimum atomic E-state index is -0.244. The van der Waals surface area contributed by atoms with Gasteiger partial charge in [0.05, 0.1) is 21.6 Å². The first-order valence-electron chi connectivity index (χ1n) is 6.77. The van der Waals surface area contributed by atoms with E-state index in [4.69, 9.17) is 27.6 Å². The van der Waals surface area contributed by atoms with Crippen molar-refractivity contribution in [3.8, 4) is 11.5 Å². The summed E-state index contributed by atoms with van der Waals surface area (Å²) < 4.78 is 5.69. The molecule has 0 saturated carbocycles. The predicted molar refractivity (Wildman–Crippen MR) is 92.2 cm³/mol. The molecule has 23 heavy (non-hydrogen) atoms. The van der Waals surface area contributed by atoms with Crippen LogP contribution in [0.2, 0.25) is 10.0 Å². The SMILES string of the molecule is Cc1nc(-c2ccc(CNC(=O)c3ccc(Cl)c(Cl)c3)o2)cs1. The summed E-state index contributed by atoms with van der Waals surface area (Å²) >= 11 is 13.3. The van der Waals surface area contributed by atoms with Crippen LogP contribution in [0.15, 0.2) is 40.1 Å². The van der Waals surface area contributed by atoms with Crippen LogP contribution in [-0.4, -0.2) is 10.9 Å². The summed E-state index contributed by atoms with van der Waals surface area (Å²) in [7, 11) is 0. The molecular formula is C16H12Cl2N2O2S. The Labute approximate surface area is 147 Å². The van der Waals surface area contributed by atoms with Crippen molar-refractivity contribution < 1.29 is 9.21 Å². The van der Waals surface area contributed by atoms with Crippen LogP contribution in [0.25, 0.3) is 11.5 Å². The second-order valence-electron chi connectivity index (χ2n) is 4.83. The highest BCUT2D eigenvalue weighted by atomic mass is 35.5. The van der Waals surface area contributed by atoms with E-state index in [0.717, 1.165) is 10.7 Å². The molecule has 0 radical (unpaired) electrons. The molecule has 7 heteroatoms. The van der Waals surface area contributed by atoms with Crippen molar-refractivity contribution >= 4 is 40.4 Å². The van der Waals surface area contributed by atoms with Gasteiger partial charge >= 0.3 is 0 Å². The number of carbonyl (C=O) groups excluding carboxylic acids is 1. The van der Waals surface area contributed by atoms with Crippen LogP contribution >= 0.6 is 34.5 Å². The molecule has 0 atom stereocenters. The van der Waals surface area contributed by atoms with Crippen molar-refractivity contribution in [1.82, 2.24) is 10.3 Å². The van der Waals surface area contributed by atoms with Crippen molar-refractivity contribution in [2.45, 2.75) is 13.5 Å². The zero-order valence-corrected chi connectivity index (χ0v) is 14.4. The molecule has 3 rings (SSSR count). The van der Waals surface area contributed by atoms with E-state index in [0.29, 0.717) is 27.1 Å². The highest BCUT2D eigenvalue weighted by Crippen LogP contribution is 2.24. The van der Waals surface area contributed by atoms with Gasteiger partial charge < -0.3 is 9.73 Å². The van der Waals surface area contributed by atoms with Gasteiger partial charge in [0, 0.05) is 10.9 Å². The van der Waals surface area contributed by atoms with Gasteiger partial charge in [-0.2, -0.15) is 0 Å². The molecule has 118 valence electrons. The van der Waals surface area contributed by atoms with Crippen molar-refractivity contribution in [1.29, 1.82) is 0 Å². The number of hydrogen-bond acceptors (Lipinski definition) is 4. The number of nitrogens with zero attached hydrogens (tertiary/aromatic N) is 1. The number of amides is 1. The molecule has 1 amide bonds. The molecule has 2 aromatic heterocycles. The summed E-state index contributed by atoms with van der Waals surface area (Å²) in [4.78, 5) is 16.5. The molecule has 0 spiro atoms. The fourth-order valence-electron chi connectivity index (χ4n) is 1.99. The van der Waals surface area contributed by atoms with E-state index in [1.54, 1.807) is 23.5 Å². The average Bonchev–Trinajstić information content (AvgIpc) is 3.16. The highest BCUT2D eigenvalue weighted by Gasteiger charge is 2.11. The van der Waals surface area contributed by atoms with Gasteiger partial charge in [0.2, 0.25) is 0 Å². The van der Waals surface area contributed by atoms with Crippen LogP contribution < -0.4 is 5.32 Å². The highest BCUT2D eigenvalue weighted by molar-refractivity contribution is 7.09. The monoisotopic (exact) mass is 366 g/mol. The summed E-state index contributed by atoms with van der Waals surface area (Å²) in [6.45, 7) is 2.22. The minimum Gasteiger partial charge on any atom is -0.458 e. The molecular weight excluding hydrogens is 355 g/mol. The van der Waals surface area contributed by atoms with Gasteiger partial charge in [-0.3, -0.25) is 4.79 Å². The molecule has 1 aromatic carbocycles. The molecule has 1 N–H and O–H groups in total. The number of hydrogen-bond donors (Lipinski definition) is 1. The largest absolute Gasteiger partial charge is 0.458 e. The summed E-state index contributed by atoms with van der Waals surface area (Å²) in [6.07, 6.45) is 0. The van der Waals surface area contributed by atoms with Crippen molar-refractivity contribution in [2.75, 3.05) is 0 Å². The first-order chi connectivity index (χ1) is 11.0. The van der Waals surface area contributed by atoms with Crippen molar-refractivity contribution in [3.63, 3.8) is 0 Å². The molecule has 0 saturated heterocycles. The van der Waals surface area contributed by atoms with Gasteiger partial charge in [-0.25, -0.2) is 4.98 Å². The minimum absolute atomic E-state index is 0.244. The third-order valence-electron chi connectivity index (χ3n) is 3.14. The maximum Gasteiger partial charge on any atom is 0.251 e. The van der Waals surface area contributed by atoms with E-state index in [9.17, 15) is 4.79 Å². The van der Waals surface area contributed by atoms with Crippen molar-refractivity contribution in [3.05, 3.63) is 62.1 Å². The molecule has 0 bridgehead atoms. The zero-order chi connectivity index (χ0) is 16.4. The molecule has 0 aliphatic carbocycles. The quantitative estimate of drug-likeness (QED) is 0.710. The van der Waals surface area contributed by atoms with E-state index in [1.807, 2.05) is 24.4 Å². The first kappa shape index (κ1) is 16.1. The fourth-order valence-corrected chi connectivity index (χ4v) is 2.89. The van der Waals surface area contributed by atoms with Gasteiger partial charge in [0.15, 0.2) is 5.76 Å². The van der Waals surface area contributed by atoms with Crippen LogP contribution in [0.5, 0.6) is 0 Å². The van der Waals surface area contributed by atoms with Crippen LogP contribution in [0.1, 0.15) is 21.1 Å². The smallest absolute Gasteiger partial charge is 0.251 e. The van der Waals surface area contributed by atoms with E-state index in [1.165, 1.54) is 6.07 Å². The number of benzene rings is 1. The molecule has 2 heterocycles. The molecule has 0 aliphatic rings. The second-order valence-corrected chi connectivity index (χ2v) is 6.71. The molecule has 4 nitrogen and oxygen atoms in total. The van der Waals surface area contributed by atoms with Crippen LogP contribution in [0.3, 0.4) is 0 Å². The summed E-state index contributed by atoms with van der Waals surface area (Å²) in [5.41, 5.74) is 1.25. The number of thiazole rings is 1. The zero-order valence-electron chi connectivity index (χ0n) is 12.1. The van der Waals surface area contributed by atoms with Gasteiger partial charge in [0.25, 0.3) is 5.91 Å². The number of carbonyl (C=O) groups is 1. The fraction of sp³-hybridized carbons (Fsp3) is 0.125. The maximum atomic E-state index is 12.1. The molecule has 0 fully saturated rings. The normalized spacial score (nSPS) is 10.7. The molecule has 0 aliphatic heterocycles. The lowest BCUT2D eigenvalue weighted by Crippen LogP contribution is -2.22. The molecule has 3 aromatic rings. The average molecular weight is 367 g/mol. The summed E-state index contributed by atoms with van der Waals surface area (Å²) in [5, 5.41) is 6.45. The second kappa shape index (κ2) is 6.74. The topological polar surface area (TPSA) is 55.1 Å². The Morgan fingerprint density at radius 3 is 2.78 bits per heavy atom. The van der Waals surface area contributed by atoms with Crippen LogP contribution in [0, 0.1) is 6.92 Å². The number of aromatic nitrogens is 1. The van der Waals surface area contributed by atoms with Gasteiger partial charge in [-0.05, 0) is 37.3 Å². The Balaban J connectivity index is 1.65. The lowest BCUT2D eigenvalue weighted by Gasteiger charge is -2.04. The number of furan rings is 1. The third-order valence-corrected chi connectivity index (χ3v) is 4.65.